The number of hydrogen-bond acceptors (Lipinski definition) is 5. The molecule has 0 saturated heterocycles. The highest BCUT2D eigenvalue weighted by atomic mass is 32.1. The molecule has 2 rings (SSSR count). The number of thiazole rings is 1. The summed E-state index contributed by atoms with van der Waals surface area (Å²) in [6, 6.07) is 0. The van der Waals surface area contributed by atoms with E-state index in [1.54, 1.807) is 0 Å². The Bertz CT molecular complexity index is 648. The smallest absolute Gasteiger partial charge is 0.270 e. The molecule has 5 nitrogen and oxygen atoms in total. The van der Waals surface area contributed by atoms with Crippen LogP contribution in [0.4, 0.5) is 0 Å². The third-order valence-electron chi connectivity index (χ3n) is 3.53. The van der Waals surface area contributed by atoms with Crippen molar-refractivity contribution in [1.29, 1.82) is 0 Å². The molecule has 2 heterocycles. The lowest BCUT2D eigenvalue weighted by Gasteiger charge is -2.14. The highest BCUT2D eigenvalue weighted by molar-refractivity contribution is 7.10. The van der Waals surface area contributed by atoms with Gasteiger partial charge in [-0.05, 0) is 13.8 Å². The summed E-state index contributed by atoms with van der Waals surface area (Å²) in [6.07, 6.45) is 0. The molecule has 1 amide bonds. The first-order chi connectivity index (χ1) is 10.2. The van der Waals surface area contributed by atoms with Gasteiger partial charge < -0.3 is 9.84 Å². The highest BCUT2D eigenvalue weighted by Crippen LogP contribution is 2.26. The standard InChI is InChI=1S/C16H23N3O2S/c1-9(13-10(2)19-21-11(13)3)7-17-14(20)12-8-22-15(18-12)16(4,5)6/h8-9H,7H2,1-6H3,(H,17,20)/t9-/m0/s1. The number of carbonyl (C=O) groups excluding carboxylic acids is 1. The monoisotopic (exact) mass is 321 g/mol. The molecule has 0 aliphatic heterocycles. The van der Waals surface area contributed by atoms with E-state index in [-0.39, 0.29) is 17.2 Å². The molecule has 0 saturated carbocycles. The molecular formula is C16H23N3O2S. The van der Waals surface area contributed by atoms with Crippen LogP contribution >= 0.6 is 11.3 Å². The minimum atomic E-state index is -0.134. The molecule has 0 aromatic carbocycles. The van der Waals surface area contributed by atoms with Gasteiger partial charge in [0.2, 0.25) is 0 Å². The average Bonchev–Trinajstić information content (AvgIpc) is 3.03. The third kappa shape index (κ3) is 3.55. The number of hydrogen-bond donors (Lipinski definition) is 1. The first-order valence-electron chi connectivity index (χ1n) is 7.37. The molecule has 1 N–H and O–H groups in total. The lowest BCUT2D eigenvalue weighted by Crippen LogP contribution is -2.28. The van der Waals surface area contributed by atoms with Gasteiger partial charge in [-0.2, -0.15) is 0 Å². The van der Waals surface area contributed by atoms with Crippen LogP contribution in [-0.4, -0.2) is 22.6 Å². The van der Waals surface area contributed by atoms with E-state index in [2.05, 4.69) is 43.2 Å². The summed E-state index contributed by atoms with van der Waals surface area (Å²) < 4.78 is 5.18. The Morgan fingerprint density at radius 1 is 1.41 bits per heavy atom. The van der Waals surface area contributed by atoms with E-state index in [0.29, 0.717) is 12.2 Å². The van der Waals surface area contributed by atoms with Crippen molar-refractivity contribution in [2.75, 3.05) is 6.54 Å². The molecule has 1 atom stereocenters. The largest absolute Gasteiger partial charge is 0.361 e. The van der Waals surface area contributed by atoms with Gasteiger partial charge in [0.05, 0.1) is 10.7 Å². The van der Waals surface area contributed by atoms with Gasteiger partial charge >= 0.3 is 0 Å². The Morgan fingerprint density at radius 2 is 2.09 bits per heavy atom. The molecule has 0 radical (unpaired) electrons. The molecule has 0 fully saturated rings. The molecular weight excluding hydrogens is 298 g/mol. The molecule has 2 aromatic heterocycles. The predicted molar refractivity (Wildman–Crippen MR) is 87.5 cm³/mol. The number of rotatable bonds is 4. The Kier molecular flexibility index (Phi) is 4.70. The number of amides is 1. The quantitative estimate of drug-likeness (QED) is 0.934. The fraction of sp³-hybridized carbons (Fsp3) is 0.562. The zero-order valence-electron chi connectivity index (χ0n) is 14.0. The van der Waals surface area contributed by atoms with E-state index in [1.807, 2.05) is 19.2 Å². The van der Waals surface area contributed by atoms with Crippen molar-refractivity contribution in [3.63, 3.8) is 0 Å². The summed E-state index contributed by atoms with van der Waals surface area (Å²) in [5.74, 6) is 0.823. The van der Waals surface area contributed by atoms with Gasteiger partial charge in [-0.3, -0.25) is 4.79 Å². The second-order valence-corrected chi connectivity index (χ2v) is 7.49. The van der Waals surface area contributed by atoms with Gasteiger partial charge in [0.1, 0.15) is 11.5 Å². The van der Waals surface area contributed by atoms with Gasteiger partial charge in [0.15, 0.2) is 0 Å². The molecule has 0 aliphatic rings. The Balaban J connectivity index is 2.00. The zero-order valence-corrected chi connectivity index (χ0v) is 14.8. The third-order valence-corrected chi connectivity index (χ3v) is 4.80. The van der Waals surface area contributed by atoms with Gasteiger partial charge in [-0.15, -0.1) is 11.3 Å². The molecule has 0 aliphatic carbocycles. The molecule has 120 valence electrons. The molecule has 0 unspecified atom stereocenters. The Morgan fingerprint density at radius 3 is 2.59 bits per heavy atom. The van der Waals surface area contributed by atoms with Crippen LogP contribution in [0.25, 0.3) is 0 Å². The van der Waals surface area contributed by atoms with E-state index in [1.165, 1.54) is 11.3 Å². The molecule has 2 aromatic rings. The van der Waals surface area contributed by atoms with Crippen LogP contribution in [-0.2, 0) is 5.41 Å². The lowest BCUT2D eigenvalue weighted by atomic mass is 9.98. The first-order valence-corrected chi connectivity index (χ1v) is 8.25. The summed E-state index contributed by atoms with van der Waals surface area (Å²) >= 11 is 1.52. The summed E-state index contributed by atoms with van der Waals surface area (Å²) in [4.78, 5) is 16.7. The van der Waals surface area contributed by atoms with Crippen LogP contribution in [0, 0.1) is 13.8 Å². The van der Waals surface area contributed by atoms with Gasteiger partial charge in [0.25, 0.3) is 5.91 Å². The second-order valence-electron chi connectivity index (χ2n) is 6.64. The minimum Gasteiger partial charge on any atom is -0.361 e. The maximum atomic E-state index is 12.2. The van der Waals surface area contributed by atoms with Crippen LogP contribution in [0.15, 0.2) is 9.90 Å². The maximum Gasteiger partial charge on any atom is 0.270 e. The van der Waals surface area contributed by atoms with Crippen LogP contribution in [0.2, 0.25) is 0 Å². The van der Waals surface area contributed by atoms with Crippen LogP contribution in [0.3, 0.4) is 0 Å². The minimum absolute atomic E-state index is 0.0345. The molecule has 6 heteroatoms. The van der Waals surface area contributed by atoms with Crippen molar-refractivity contribution < 1.29 is 9.32 Å². The molecule has 0 bridgehead atoms. The molecule has 0 spiro atoms. The second kappa shape index (κ2) is 6.20. The summed E-state index contributed by atoms with van der Waals surface area (Å²) in [6.45, 7) is 12.7. The van der Waals surface area contributed by atoms with Crippen molar-refractivity contribution in [3.05, 3.63) is 33.1 Å². The fourth-order valence-electron chi connectivity index (χ4n) is 2.35. The van der Waals surface area contributed by atoms with Crippen LogP contribution in [0.5, 0.6) is 0 Å². The number of aryl methyl sites for hydroxylation is 2. The Hall–Kier alpha value is -1.69. The van der Waals surface area contributed by atoms with E-state index >= 15 is 0 Å². The molecule has 22 heavy (non-hydrogen) atoms. The van der Waals surface area contributed by atoms with Crippen molar-refractivity contribution in [3.8, 4) is 0 Å². The summed E-state index contributed by atoms with van der Waals surface area (Å²) in [7, 11) is 0. The summed E-state index contributed by atoms with van der Waals surface area (Å²) in [5.41, 5.74) is 2.39. The predicted octanol–water partition coefficient (Wildman–Crippen LogP) is 3.58. The normalized spacial score (nSPS) is 13.2. The highest BCUT2D eigenvalue weighted by Gasteiger charge is 2.21. The van der Waals surface area contributed by atoms with Crippen molar-refractivity contribution in [2.24, 2.45) is 0 Å². The Labute approximate surface area is 135 Å². The number of carbonyl (C=O) groups is 1. The fourth-order valence-corrected chi connectivity index (χ4v) is 3.24. The van der Waals surface area contributed by atoms with Crippen molar-refractivity contribution in [2.45, 2.75) is 52.9 Å². The van der Waals surface area contributed by atoms with E-state index in [4.69, 9.17) is 4.52 Å². The number of nitrogens with one attached hydrogen (secondary N) is 1. The van der Waals surface area contributed by atoms with Crippen molar-refractivity contribution >= 4 is 17.2 Å². The summed E-state index contributed by atoms with van der Waals surface area (Å²) in [5, 5.41) is 9.68. The van der Waals surface area contributed by atoms with Gasteiger partial charge in [-0.25, -0.2) is 4.98 Å². The van der Waals surface area contributed by atoms with Crippen LogP contribution < -0.4 is 5.32 Å². The first kappa shape index (κ1) is 16.7. The van der Waals surface area contributed by atoms with Gasteiger partial charge in [0, 0.05) is 28.8 Å². The van der Waals surface area contributed by atoms with E-state index in [0.717, 1.165) is 22.0 Å². The van der Waals surface area contributed by atoms with Crippen molar-refractivity contribution in [1.82, 2.24) is 15.5 Å². The topological polar surface area (TPSA) is 68.0 Å². The van der Waals surface area contributed by atoms with E-state index in [9.17, 15) is 4.79 Å². The number of nitrogens with zero attached hydrogens (tertiary/aromatic N) is 2. The van der Waals surface area contributed by atoms with Gasteiger partial charge in [-0.1, -0.05) is 32.9 Å². The average molecular weight is 321 g/mol. The van der Waals surface area contributed by atoms with Crippen LogP contribution in [0.1, 0.15) is 66.1 Å². The van der Waals surface area contributed by atoms with E-state index < -0.39 is 0 Å². The lowest BCUT2D eigenvalue weighted by molar-refractivity contribution is 0.0947. The number of aromatic nitrogens is 2. The zero-order chi connectivity index (χ0) is 16.5. The maximum absolute atomic E-state index is 12.2. The SMILES string of the molecule is Cc1noc(C)c1[C@@H](C)CNC(=O)c1csc(C(C)(C)C)n1.